The van der Waals surface area contributed by atoms with Gasteiger partial charge in [0.2, 0.25) is 23.4 Å². The molecule has 0 amide bonds. The zero-order valence-corrected chi connectivity index (χ0v) is 35.0. The predicted molar refractivity (Wildman–Crippen MR) is 219 cm³/mol. The monoisotopic (exact) mass is 919 g/mol. The van der Waals surface area contributed by atoms with Crippen LogP contribution in [-0.4, -0.2) is 49.6 Å². The first-order valence-electron chi connectivity index (χ1n) is 16.3. The summed E-state index contributed by atoms with van der Waals surface area (Å²) in [5.74, 6) is 2.48. The fourth-order valence-electron chi connectivity index (χ4n) is 4.39. The summed E-state index contributed by atoms with van der Waals surface area (Å²) in [6.45, 7) is 18.4. The summed E-state index contributed by atoms with van der Waals surface area (Å²) in [7, 11) is -0.351. The highest BCUT2D eigenvalue weighted by Gasteiger charge is 2.51. The highest BCUT2D eigenvalue weighted by atomic mass is 79.9. The number of benzene rings is 4. The molecule has 6 aromatic rings. The molecular weight excluding hydrogens is 885 g/mol. The van der Waals surface area contributed by atoms with E-state index in [2.05, 4.69) is 78.1 Å². The lowest BCUT2D eigenvalue weighted by atomic mass is 9.79. The van der Waals surface area contributed by atoms with Gasteiger partial charge in [-0.1, -0.05) is 124 Å². The Hall–Kier alpha value is -4.66. The molecule has 7 rings (SSSR count). The molecule has 0 saturated carbocycles. The molecule has 3 N–H and O–H groups in total. The predicted octanol–water partition coefficient (Wildman–Crippen LogP) is 9.70. The van der Waals surface area contributed by atoms with Crippen molar-refractivity contribution in [2.75, 3.05) is 0 Å². The molecule has 2 aromatic heterocycles. The molecule has 12 nitrogen and oxygen atoms in total. The maximum Gasteiger partial charge on any atom is 0.494 e. The fourth-order valence-corrected chi connectivity index (χ4v) is 5.19. The van der Waals surface area contributed by atoms with Crippen LogP contribution in [0.1, 0.15) is 45.0 Å². The van der Waals surface area contributed by atoms with Gasteiger partial charge in [-0.2, -0.15) is 9.97 Å². The van der Waals surface area contributed by atoms with Crippen molar-refractivity contribution in [2.24, 2.45) is 10.9 Å². The van der Waals surface area contributed by atoms with Gasteiger partial charge in [-0.05, 0) is 69.6 Å². The summed E-state index contributed by atoms with van der Waals surface area (Å²) in [6.07, 6.45) is 0. The maximum absolute atomic E-state index is 8.31. The molecule has 4 aromatic carbocycles. The van der Waals surface area contributed by atoms with E-state index >= 15 is 0 Å². The lowest BCUT2D eigenvalue weighted by Crippen LogP contribution is -2.41. The molecule has 1 aliphatic rings. The molecule has 0 unspecified atom stereocenters. The van der Waals surface area contributed by atoms with Crippen LogP contribution >= 0.6 is 47.8 Å². The van der Waals surface area contributed by atoms with Gasteiger partial charge in [0.15, 0.2) is 11.5 Å². The van der Waals surface area contributed by atoms with Crippen molar-refractivity contribution in [1.82, 2.24) is 20.3 Å². The zero-order chi connectivity index (χ0) is 39.5. The summed E-state index contributed by atoms with van der Waals surface area (Å²) in [6, 6.07) is 30.1. The Morgan fingerprint density at radius 3 is 1.44 bits per heavy atom. The third-order valence-electron chi connectivity index (χ3n) is 8.06. The highest BCUT2D eigenvalue weighted by molar-refractivity contribution is 9.11. The van der Waals surface area contributed by atoms with Crippen LogP contribution in [0, 0.1) is 20.4 Å². The van der Waals surface area contributed by atoms with Crippen LogP contribution in [0.5, 0.6) is 0 Å². The first-order chi connectivity index (χ1) is 25.6. The molecule has 54 heavy (non-hydrogen) atoms. The number of amidine groups is 1. The lowest BCUT2D eigenvalue weighted by molar-refractivity contribution is 0.00578. The fraction of sp³-hybridized carbons (Fsp3) is 0.211. The first-order valence-corrected chi connectivity index (χ1v) is 18.7. The Morgan fingerprint density at radius 1 is 0.685 bits per heavy atom. The van der Waals surface area contributed by atoms with Crippen LogP contribution in [0.15, 0.2) is 125 Å². The number of nitrogens with zero attached hydrogens (tertiary/aromatic N) is 6. The third kappa shape index (κ3) is 11.9. The summed E-state index contributed by atoms with van der Waals surface area (Å²) in [5.41, 5.74) is 8.90. The van der Waals surface area contributed by atoms with Gasteiger partial charge >= 0.3 is 7.12 Å². The van der Waals surface area contributed by atoms with Crippen molar-refractivity contribution < 1.29 is 23.6 Å². The average Bonchev–Trinajstić information content (AvgIpc) is 3.86. The average molecular weight is 922 g/mol. The number of rotatable bonds is 4. The van der Waals surface area contributed by atoms with Crippen LogP contribution in [0.2, 0.25) is 0 Å². The number of halogens is 3. The Bertz CT molecular complexity index is 2150. The standard InChI is InChI=1S/C15H19BN2O3.C9H7BrN2O.C7H7BrN2O.C7H4BrN/c1-10-17-13(18-19-10)11-6-8-12(9-7-11)16-20-14(2,3)15(4,5)21-16;1-6-11-9(12-13-6)7-2-4-8(10)5-3-7;8-6-3-1-5(2-4-6)7(9)10-11;1-9-7-4-2-6(8)3-5-7/h6-9H,1-5H3;2-5H,1H3;1-4,11H,(H2,9,10);2-5H. The molecule has 0 aliphatic carbocycles. The van der Waals surface area contributed by atoms with Crippen molar-refractivity contribution in [1.29, 1.82) is 0 Å². The molecular formula is C38H37BBr3N7O5. The van der Waals surface area contributed by atoms with E-state index in [1.807, 2.05) is 100 Å². The molecule has 3 heterocycles. The molecule has 1 saturated heterocycles. The van der Waals surface area contributed by atoms with Gasteiger partial charge in [0.05, 0.1) is 17.8 Å². The minimum atomic E-state index is -0.351. The Kier molecular flexibility index (Phi) is 14.9. The van der Waals surface area contributed by atoms with Crippen LogP contribution in [-0.2, 0) is 9.31 Å². The van der Waals surface area contributed by atoms with Crippen molar-refractivity contribution in [3.8, 4) is 22.8 Å². The maximum atomic E-state index is 8.31. The van der Waals surface area contributed by atoms with Gasteiger partial charge in [-0.25, -0.2) is 4.85 Å². The molecule has 1 aliphatic heterocycles. The number of oxime groups is 1. The van der Waals surface area contributed by atoms with Gasteiger partial charge in [0.1, 0.15) is 0 Å². The lowest BCUT2D eigenvalue weighted by Gasteiger charge is -2.32. The normalized spacial score (nSPS) is 14.0. The van der Waals surface area contributed by atoms with E-state index in [-0.39, 0.29) is 24.2 Å². The van der Waals surface area contributed by atoms with Gasteiger partial charge in [0, 0.05) is 44.0 Å². The molecule has 0 spiro atoms. The summed E-state index contributed by atoms with van der Waals surface area (Å²) in [5, 5.41) is 18.9. The van der Waals surface area contributed by atoms with Crippen molar-refractivity contribution in [3.63, 3.8) is 0 Å². The van der Waals surface area contributed by atoms with Gasteiger partial charge in [0.25, 0.3) is 0 Å². The van der Waals surface area contributed by atoms with Crippen LogP contribution < -0.4 is 11.2 Å². The van der Waals surface area contributed by atoms with Gasteiger partial charge in [-0.15, -0.1) is 0 Å². The Balaban J connectivity index is 0.000000170. The molecule has 0 atom stereocenters. The van der Waals surface area contributed by atoms with Gasteiger partial charge in [-0.3, -0.25) is 0 Å². The summed E-state index contributed by atoms with van der Waals surface area (Å²) < 4.78 is 24.9. The Labute approximate surface area is 339 Å². The molecule has 16 heteroatoms. The quantitative estimate of drug-likeness (QED) is 0.0436. The van der Waals surface area contributed by atoms with Crippen molar-refractivity contribution in [3.05, 3.63) is 139 Å². The number of aryl methyl sites for hydroxylation is 2. The minimum absolute atomic E-state index is 0.123. The van der Waals surface area contributed by atoms with Crippen molar-refractivity contribution in [2.45, 2.75) is 52.7 Å². The summed E-state index contributed by atoms with van der Waals surface area (Å²) >= 11 is 9.90. The second-order valence-electron chi connectivity index (χ2n) is 12.6. The van der Waals surface area contributed by atoms with E-state index in [1.54, 1.807) is 38.1 Å². The zero-order valence-electron chi connectivity index (χ0n) is 30.3. The number of nitrogens with two attached hydrogens (primary N) is 1. The van der Waals surface area contributed by atoms with E-state index in [4.69, 9.17) is 35.9 Å². The number of aromatic nitrogens is 4. The van der Waals surface area contributed by atoms with E-state index in [0.717, 1.165) is 30.0 Å². The molecule has 1 fully saturated rings. The second kappa shape index (κ2) is 19.1. The largest absolute Gasteiger partial charge is 0.494 e. The molecule has 0 radical (unpaired) electrons. The van der Waals surface area contributed by atoms with Crippen LogP contribution in [0.25, 0.3) is 27.6 Å². The Morgan fingerprint density at radius 2 is 1.07 bits per heavy atom. The van der Waals surface area contributed by atoms with Gasteiger partial charge < -0.3 is 29.3 Å². The summed E-state index contributed by atoms with van der Waals surface area (Å²) in [4.78, 5) is 11.6. The first kappa shape index (κ1) is 42.1. The van der Waals surface area contributed by atoms with E-state index in [9.17, 15) is 0 Å². The molecule has 278 valence electrons. The third-order valence-corrected chi connectivity index (χ3v) is 9.64. The van der Waals surface area contributed by atoms with Crippen LogP contribution in [0.3, 0.4) is 0 Å². The van der Waals surface area contributed by atoms with E-state index in [0.29, 0.717) is 34.7 Å². The smallest absolute Gasteiger partial charge is 0.409 e. The van der Waals surface area contributed by atoms with E-state index in [1.165, 1.54) is 0 Å². The van der Waals surface area contributed by atoms with Crippen molar-refractivity contribution >= 4 is 71.9 Å². The minimum Gasteiger partial charge on any atom is -0.409 e. The SMILES string of the molecule is Cc1nc(-c2ccc(B3OC(C)(C)C(C)(C)O3)cc2)no1.Cc1nc(-c2ccc(Br)cc2)no1.N/C(=N/O)c1ccc(Br)cc1.[C-]#[N+]c1ccc(Br)cc1. The number of hydrogen-bond acceptors (Lipinski definition) is 10. The van der Waals surface area contributed by atoms with Crippen LogP contribution in [0.4, 0.5) is 5.69 Å². The topological polar surface area (TPSA) is 159 Å². The number of hydrogen-bond donors (Lipinski definition) is 2. The van der Waals surface area contributed by atoms with E-state index < -0.39 is 0 Å². The highest BCUT2D eigenvalue weighted by Crippen LogP contribution is 2.36. The second-order valence-corrected chi connectivity index (χ2v) is 15.3. The molecule has 0 bridgehead atoms.